The minimum absolute atomic E-state index is 0.171. The van der Waals surface area contributed by atoms with Crippen LogP contribution in [0, 0.1) is 11.6 Å². The molecule has 1 atom stereocenters. The van der Waals surface area contributed by atoms with Crippen molar-refractivity contribution in [2.75, 3.05) is 13.6 Å². The van der Waals surface area contributed by atoms with Gasteiger partial charge in [0.1, 0.15) is 11.6 Å². The molecule has 0 aliphatic carbocycles. The van der Waals surface area contributed by atoms with Gasteiger partial charge in [-0.3, -0.25) is 4.79 Å². The summed E-state index contributed by atoms with van der Waals surface area (Å²) in [6.45, 7) is 2.22. The van der Waals surface area contributed by atoms with Crippen LogP contribution in [-0.2, 0) is 4.79 Å². The summed E-state index contributed by atoms with van der Waals surface area (Å²) in [7, 11) is 1.75. The molecule has 1 amide bonds. The third kappa shape index (κ3) is 4.11. The first-order chi connectivity index (χ1) is 8.04. The molecule has 5 heteroatoms. The summed E-state index contributed by atoms with van der Waals surface area (Å²) in [5.41, 5.74) is 0.282. The highest BCUT2D eigenvalue weighted by Crippen LogP contribution is 2.17. The van der Waals surface area contributed by atoms with E-state index in [4.69, 9.17) is 0 Å². The van der Waals surface area contributed by atoms with Gasteiger partial charge in [-0.1, -0.05) is 6.07 Å². The number of carbonyl (C=O) groups is 1. The minimum atomic E-state index is -0.647. The van der Waals surface area contributed by atoms with E-state index in [9.17, 15) is 13.6 Å². The zero-order chi connectivity index (χ0) is 12.8. The molecule has 0 radical (unpaired) electrons. The summed E-state index contributed by atoms with van der Waals surface area (Å²) in [5, 5.41) is 5.50. The predicted molar refractivity (Wildman–Crippen MR) is 61.5 cm³/mol. The van der Waals surface area contributed by atoms with Crippen LogP contribution in [0.15, 0.2) is 18.2 Å². The maximum absolute atomic E-state index is 13.4. The average molecular weight is 242 g/mol. The van der Waals surface area contributed by atoms with Crippen molar-refractivity contribution in [3.05, 3.63) is 35.4 Å². The number of halogens is 2. The van der Waals surface area contributed by atoms with Gasteiger partial charge in [0, 0.05) is 24.6 Å². The van der Waals surface area contributed by atoms with E-state index in [1.807, 2.05) is 0 Å². The Morgan fingerprint density at radius 3 is 2.71 bits per heavy atom. The Labute approximate surface area is 99.2 Å². The van der Waals surface area contributed by atoms with E-state index in [0.29, 0.717) is 13.0 Å². The molecular weight excluding hydrogens is 226 g/mol. The van der Waals surface area contributed by atoms with Gasteiger partial charge in [0.15, 0.2) is 0 Å². The molecular formula is C12H16F2N2O. The summed E-state index contributed by atoms with van der Waals surface area (Å²) in [6, 6.07) is 2.86. The molecule has 2 N–H and O–H groups in total. The average Bonchev–Trinajstić information content (AvgIpc) is 2.26. The molecule has 0 spiro atoms. The van der Waals surface area contributed by atoms with Crippen LogP contribution in [0.25, 0.3) is 0 Å². The van der Waals surface area contributed by atoms with Gasteiger partial charge in [0.05, 0.1) is 6.04 Å². The van der Waals surface area contributed by atoms with Crippen molar-refractivity contribution in [2.45, 2.75) is 19.4 Å². The molecule has 1 unspecified atom stereocenters. The van der Waals surface area contributed by atoms with Crippen LogP contribution in [0.2, 0.25) is 0 Å². The molecule has 0 aliphatic rings. The molecule has 3 nitrogen and oxygen atoms in total. The van der Waals surface area contributed by atoms with Gasteiger partial charge in [-0.25, -0.2) is 8.78 Å². The van der Waals surface area contributed by atoms with Crippen molar-refractivity contribution in [1.29, 1.82) is 0 Å². The topological polar surface area (TPSA) is 41.1 Å². The molecule has 0 bridgehead atoms. The molecule has 0 saturated heterocycles. The smallest absolute Gasteiger partial charge is 0.221 e. The zero-order valence-corrected chi connectivity index (χ0v) is 9.89. The summed E-state index contributed by atoms with van der Waals surface area (Å²) < 4.78 is 26.1. The van der Waals surface area contributed by atoms with Crippen LogP contribution in [0.3, 0.4) is 0 Å². The molecule has 0 saturated carbocycles. The number of amides is 1. The lowest BCUT2D eigenvalue weighted by atomic mass is 10.1. The van der Waals surface area contributed by atoms with Gasteiger partial charge >= 0.3 is 0 Å². The molecule has 1 aromatic carbocycles. The fourth-order valence-corrected chi connectivity index (χ4v) is 1.48. The van der Waals surface area contributed by atoms with Crippen LogP contribution in [0.5, 0.6) is 0 Å². The molecule has 94 valence electrons. The standard InChI is InChI=1S/C12H16F2N2O/c1-8(16-12(17)5-6-15-2)10-4-3-9(13)7-11(10)14/h3-4,7-8,15H,5-6H2,1-2H3,(H,16,17). The van der Waals surface area contributed by atoms with Gasteiger partial charge in [-0.15, -0.1) is 0 Å². The van der Waals surface area contributed by atoms with Crippen molar-refractivity contribution in [1.82, 2.24) is 10.6 Å². The third-order valence-electron chi connectivity index (χ3n) is 2.41. The van der Waals surface area contributed by atoms with Crippen molar-refractivity contribution >= 4 is 5.91 Å². The van der Waals surface area contributed by atoms with Crippen molar-refractivity contribution in [3.8, 4) is 0 Å². The molecule has 1 aromatic rings. The predicted octanol–water partition coefficient (Wildman–Crippen LogP) is 1.75. The molecule has 0 aromatic heterocycles. The highest BCUT2D eigenvalue weighted by molar-refractivity contribution is 5.76. The van der Waals surface area contributed by atoms with Gasteiger partial charge < -0.3 is 10.6 Å². The number of hydrogen-bond donors (Lipinski definition) is 2. The zero-order valence-electron chi connectivity index (χ0n) is 9.89. The van der Waals surface area contributed by atoms with E-state index in [1.54, 1.807) is 14.0 Å². The number of rotatable bonds is 5. The van der Waals surface area contributed by atoms with Gasteiger partial charge in [0.2, 0.25) is 5.91 Å². The number of benzene rings is 1. The first-order valence-corrected chi connectivity index (χ1v) is 5.43. The van der Waals surface area contributed by atoms with E-state index in [0.717, 1.165) is 6.07 Å². The maximum atomic E-state index is 13.4. The lowest BCUT2D eigenvalue weighted by Gasteiger charge is -2.15. The second kappa shape index (κ2) is 6.30. The van der Waals surface area contributed by atoms with E-state index >= 15 is 0 Å². The Bertz CT molecular complexity index is 396. The Morgan fingerprint density at radius 1 is 1.41 bits per heavy atom. The second-order valence-corrected chi connectivity index (χ2v) is 3.81. The second-order valence-electron chi connectivity index (χ2n) is 3.81. The van der Waals surface area contributed by atoms with E-state index in [2.05, 4.69) is 10.6 Å². The first kappa shape index (κ1) is 13.6. The Morgan fingerprint density at radius 2 is 2.12 bits per heavy atom. The molecule has 0 aliphatic heterocycles. The normalized spacial score (nSPS) is 12.2. The van der Waals surface area contributed by atoms with Crippen molar-refractivity contribution in [2.24, 2.45) is 0 Å². The van der Waals surface area contributed by atoms with Crippen LogP contribution in [-0.4, -0.2) is 19.5 Å². The summed E-state index contributed by atoms with van der Waals surface area (Å²) in [5.74, 6) is -1.44. The molecule has 17 heavy (non-hydrogen) atoms. The highest BCUT2D eigenvalue weighted by Gasteiger charge is 2.13. The van der Waals surface area contributed by atoms with E-state index < -0.39 is 17.7 Å². The van der Waals surface area contributed by atoms with Crippen LogP contribution in [0.4, 0.5) is 8.78 Å². The largest absolute Gasteiger partial charge is 0.349 e. The highest BCUT2D eigenvalue weighted by atomic mass is 19.1. The fraction of sp³-hybridized carbons (Fsp3) is 0.417. The summed E-state index contributed by atoms with van der Waals surface area (Å²) >= 11 is 0. The van der Waals surface area contributed by atoms with Crippen LogP contribution < -0.4 is 10.6 Å². The lowest BCUT2D eigenvalue weighted by Crippen LogP contribution is -2.29. The Hall–Kier alpha value is -1.49. The maximum Gasteiger partial charge on any atom is 0.221 e. The fourth-order valence-electron chi connectivity index (χ4n) is 1.48. The van der Waals surface area contributed by atoms with Crippen LogP contribution >= 0.6 is 0 Å². The Balaban J connectivity index is 2.63. The summed E-state index contributed by atoms with van der Waals surface area (Å²) in [6.07, 6.45) is 0.323. The molecule has 1 rings (SSSR count). The number of carbonyl (C=O) groups excluding carboxylic acids is 1. The monoisotopic (exact) mass is 242 g/mol. The third-order valence-corrected chi connectivity index (χ3v) is 2.41. The number of hydrogen-bond acceptors (Lipinski definition) is 2. The quantitative estimate of drug-likeness (QED) is 0.826. The van der Waals surface area contributed by atoms with Crippen molar-refractivity contribution < 1.29 is 13.6 Å². The molecule has 0 heterocycles. The van der Waals surface area contributed by atoms with Gasteiger partial charge in [-0.05, 0) is 20.0 Å². The summed E-state index contributed by atoms with van der Waals surface area (Å²) in [4.78, 5) is 11.4. The van der Waals surface area contributed by atoms with Crippen LogP contribution in [0.1, 0.15) is 24.9 Å². The molecule has 0 fully saturated rings. The SMILES string of the molecule is CNCCC(=O)NC(C)c1ccc(F)cc1F. The minimum Gasteiger partial charge on any atom is -0.349 e. The van der Waals surface area contributed by atoms with Gasteiger partial charge in [0.25, 0.3) is 0 Å². The Kier molecular flexibility index (Phi) is 5.03. The van der Waals surface area contributed by atoms with Gasteiger partial charge in [-0.2, -0.15) is 0 Å². The first-order valence-electron chi connectivity index (χ1n) is 5.43. The van der Waals surface area contributed by atoms with E-state index in [-0.39, 0.29) is 11.5 Å². The van der Waals surface area contributed by atoms with E-state index in [1.165, 1.54) is 12.1 Å². The lowest BCUT2D eigenvalue weighted by molar-refractivity contribution is -0.121. The van der Waals surface area contributed by atoms with Crippen molar-refractivity contribution in [3.63, 3.8) is 0 Å². The number of nitrogens with one attached hydrogen (secondary N) is 2.